The molecule has 1 amide bonds. The van der Waals surface area contributed by atoms with E-state index in [-0.39, 0.29) is 5.91 Å². The van der Waals surface area contributed by atoms with Gasteiger partial charge in [-0.2, -0.15) is 0 Å². The maximum Gasteiger partial charge on any atom is 0.236 e. The lowest BCUT2D eigenvalue weighted by Crippen LogP contribution is -2.55. The molecule has 1 aliphatic carbocycles. The van der Waals surface area contributed by atoms with E-state index in [9.17, 15) is 9.90 Å². The van der Waals surface area contributed by atoms with Crippen LogP contribution in [0.2, 0.25) is 0 Å². The predicted octanol–water partition coefficient (Wildman–Crippen LogP) is 0.404. The van der Waals surface area contributed by atoms with Crippen molar-refractivity contribution in [1.82, 2.24) is 14.7 Å². The smallest absolute Gasteiger partial charge is 0.236 e. The Morgan fingerprint density at radius 3 is 2.29 bits per heavy atom. The van der Waals surface area contributed by atoms with E-state index < -0.39 is 5.60 Å². The van der Waals surface area contributed by atoms with Crippen molar-refractivity contribution in [1.29, 1.82) is 0 Å². The average molecular weight is 339 g/mol. The standard InChI is InChI=1S/C18H33N3O3/c1-16-2-4-18(23,5-3-16)15-20-6-8-21(9-7-20)17(22)14-19-10-12-24-13-11-19/h16,23H,2-15H2,1H3. The van der Waals surface area contributed by atoms with Crippen LogP contribution < -0.4 is 0 Å². The lowest BCUT2D eigenvalue weighted by atomic mass is 9.79. The van der Waals surface area contributed by atoms with Crippen LogP contribution in [0.3, 0.4) is 0 Å². The number of ether oxygens (including phenoxy) is 1. The van der Waals surface area contributed by atoms with Gasteiger partial charge in [0, 0.05) is 45.8 Å². The summed E-state index contributed by atoms with van der Waals surface area (Å²) in [6, 6.07) is 0. The second-order valence-electron chi connectivity index (χ2n) is 7.95. The van der Waals surface area contributed by atoms with Gasteiger partial charge in [0.2, 0.25) is 5.91 Å². The number of amides is 1. The molecule has 3 fully saturated rings. The van der Waals surface area contributed by atoms with Crippen molar-refractivity contribution >= 4 is 5.91 Å². The lowest BCUT2D eigenvalue weighted by Gasteiger charge is -2.42. The monoisotopic (exact) mass is 339 g/mol. The molecule has 3 rings (SSSR count). The summed E-state index contributed by atoms with van der Waals surface area (Å²) < 4.78 is 5.33. The molecule has 0 aromatic rings. The molecule has 3 aliphatic rings. The largest absolute Gasteiger partial charge is 0.389 e. The molecule has 0 unspecified atom stereocenters. The maximum absolute atomic E-state index is 12.4. The Labute approximate surface area is 145 Å². The normalized spacial score (nSPS) is 33.6. The fourth-order valence-corrected chi connectivity index (χ4v) is 4.08. The van der Waals surface area contributed by atoms with E-state index in [0.29, 0.717) is 6.54 Å². The fraction of sp³-hybridized carbons (Fsp3) is 0.944. The Morgan fingerprint density at radius 1 is 1.04 bits per heavy atom. The summed E-state index contributed by atoms with van der Waals surface area (Å²) >= 11 is 0. The van der Waals surface area contributed by atoms with Gasteiger partial charge in [0.05, 0.1) is 25.4 Å². The molecule has 0 bridgehead atoms. The molecule has 0 atom stereocenters. The summed E-state index contributed by atoms with van der Waals surface area (Å²) in [5.74, 6) is 0.988. The van der Waals surface area contributed by atoms with Crippen LogP contribution in [0.1, 0.15) is 32.6 Å². The van der Waals surface area contributed by atoms with Gasteiger partial charge in [-0.15, -0.1) is 0 Å². The molecule has 1 saturated carbocycles. The molecule has 138 valence electrons. The molecule has 6 heteroatoms. The predicted molar refractivity (Wildman–Crippen MR) is 92.9 cm³/mol. The SMILES string of the molecule is CC1CCC(O)(CN2CCN(C(=O)CN3CCOCC3)CC2)CC1. The van der Waals surface area contributed by atoms with Gasteiger partial charge in [0.1, 0.15) is 0 Å². The van der Waals surface area contributed by atoms with Crippen molar-refractivity contribution in [2.75, 3.05) is 65.6 Å². The third kappa shape index (κ3) is 4.91. The number of aliphatic hydroxyl groups is 1. The van der Waals surface area contributed by atoms with Crippen molar-refractivity contribution in [2.45, 2.75) is 38.2 Å². The molecule has 2 saturated heterocycles. The summed E-state index contributed by atoms with van der Waals surface area (Å²) in [6.45, 7) is 10.1. The number of carbonyl (C=O) groups is 1. The van der Waals surface area contributed by atoms with Gasteiger partial charge in [-0.25, -0.2) is 0 Å². The Morgan fingerprint density at radius 2 is 1.67 bits per heavy atom. The molecule has 1 N–H and O–H groups in total. The Hall–Kier alpha value is -0.690. The summed E-state index contributed by atoms with van der Waals surface area (Å²) in [7, 11) is 0. The van der Waals surface area contributed by atoms with E-state index >= 15 is 0 Å². The summed E-state index contributed by atoms with van der Waals surface area (Å²) in [5, 5.41) is 10.8. The van der Waals surface area contributed by atoms with E-state index in [0.717, 1.165) is 90.6 Å². The first-order valence-electron chi connectivity index (χ1n) is 9.57. The van der Waals surface area contributed by atoms with Crippen molar-refractivity contribution in [3.05, 3.63) is 0 Å². The zero-order valence-electron chi connectivity index (χ0n) is 15.1. The minimum atomic E-state index is -0.507. The number of hydrogen-bond acceptors (Lipinski definition) is 5. The molecular weight excluding hydrogens is 306 g/mol. The highest BCUT2D eigenvalue weighted by Crippen LogP contribution is 2.32. The zero-order chi connectivity index (χ0) is 17.0. The van der Waals surface area contributed by atoms with Gasteiger partial charge in [0.15, 0.2) is 0 Å². The number of piperazine rings is 1. The van der Waals surface area contributed by atoms with E-state index in [4.69, 9.17) is 4.74 Å². The molecule has 2 aliphatic heterocycles. The van der Waals surface area contributed by atoms with Gasteiger partial charge in [-0.3, -0.25) is 14.6 Å². The first-order chi connectivity index (χ1) is 11.5. The van der Waals surface area contributed by atoms with E-state index in [2.05, 4.69) is 16.7 Å². The van der Waals surface area contributed by atoms with Gasteiger partial charge in [-0.1, -0.05) is 6.92 Å². The van der Waals surface area contributed by atoms with Crippen LogP contribution in [-0.2, 0) is 9.53 Å². The second kappa shape index (κ2) is 8.13. The number of morpholine rings is 1. The highest BCUT2D eigenvalue weighted by atomic mass is 16.5. The molecule has 6 nitrogen and oxygen atoms in total. The minimum Gasteiger partial charge on any atom is -0.389 e. The van der Waals surface area contributed by atoms with Gasteiger partial charge in [0.25, 0.3) is 0 Å². The maximum atomic E-state index is 12.4. The van der Waals surface area contributed by atoms with Crippen molar-refractivity contribution < 1.29 is 14.6 Å². The summed E-state index contributed by atoms with van der Waals surface area (Å²) in [5.41, 5.74) is -0.507. The number of hydrogen-bond donors (Lipinski definition) is 1. The lowest BCUT2D eigenvalue weighted by molar-refractivity contribution is -0.135. The zero-order valence-corrected chi connectivity index (χ0v) is 15.1. The average Bonchev–Trinajstić information content (AvgIpc) is 2.59. The summed E-state index contributed by atoms with van der Waals surface area (Å²) in [6.07, 6.45) is 4.11. The topological polar surface area (TPSA) is 56.2 Å². The van der Waals surface area contributed by atoms with Crippen molar-refractivity contribution in [3.63, 3.8) is 0 Å². The highest BCUT2D eigenvalue weighted by Gasteiger charge is 2.34. The van der Waals surface area contributed by atoms with E-state index in [1.165, 1.54) is 0 Å². The van der Waals surface area contributed by atoms with E-state index in [1.807, 2.05) is 4.90 Å². The second-order valence-corrected chi connectivity index (χ2v) is 7.95. The van der Waals surface area contributed by atoms with Crippen LogP contribution in [-0.4, -0.2) is 96.9 Å². The van der Waals surface area contributed by atoms with Gasteiger partial charge >= 0.3 is 0 Å². The van der Waals surface area contributed by atoms with Gasteiger partial charge < -0.3 is 14.7 Å². The Kier molecular flexibility index (Phi) is 6.13. The number of carbonyl (C=O) groups excluding carboxylic acids is 1. The minimum absolute atomic E-state index is 0.238. The molecule has 0 radical (unpaired) electrons. The van der Waals surface area contributed by atoms with E-state index in [1.54, 1.807) is 0 Å². The first-order valence-corrected chi connectivity index (χ1v) is 9.57. The first kappa shape index (κ1) is 18.1. The van der Waals surface area contributed by atoms with Crippen LogP contribution in [0.5, 0.6) is 0 Å². The summed E-state index contributed by atoms with van der Waals surface area (Å²) in [4.78, 5) is 18.9. The molecule has 24 heavy (non-hydrogen) atoms. The van der Waals surface area contributed by atoms with Gasteiger partial charge in [-0.05, 0) is 31.6 Å². The number of nitrogens with zero attached hydrogens (tertiary/aromatic N) is 3. The van der Waals surface area contributed by atoms with Crippen molar-refractivity contribution in [3.8, 4) is 0 Å². The number of rotatable bonds is 4. The van der Waals surface area contributed by atoms with Crippen molar-refractivity contribution in [2.24, 2.45) is 5.92 Å². The molecule has 0 aromatic heterocycles. The highest BCUT2D eigenvalue weighted by molar-refractivity contribution is 5.78. The molecule has 0 aromatic carbocycles. The van der Waals surface area contributed by atoms with Crippen LogP contribution in [0.25, 0.3) is 0 Å². The van der Waals surface area contributed by atoms with Crippen LogP contribution in [0, 0.1) is 5.92 Å². The Bertz CT molecular complexity index is 410. The van der Waals surface area contributed by atoms with Crippen LogP contribution in [0.4, 0.5) is 0 Å². The third-order valence-electron chi connectivity index (χ3n) is 5.91. The van der Waals surface area contributed by atoms with Crippen LogP contribution in [0.15, 0.2) is 0 Å². The number of β-amino-alcohol motifs (C(OH)–C–C–N with tert-alkyl or cyclic N) is 1. The quantitative estimate of drug-likeness (QED) is 0.804. The fourth-order valence-electron chi connectivity index (χ4n) is 4.08. The van der Waals surface area contributed by atoms with Crippen LogP contribution >= 0.6 is 0 Å². The molecular formula is C18H33N3O3. The third-order valence-corrected chi connectivity index (χ3v) is 5.91. The Balaban J connectivity index is 1.39. The molecule has 0 spiro atoms. The molecule has 2 heterocycles.